The number of carboxylic acids is 1. The SMILES string of the molecule is CCC(CC)(CNC(=O)CC1(CN)CCCCC1)C(=O)O. The molecule has 1 saturated carbocycles. The average Bonchev–Trinajstić information content (AvgIpc) is 2.49. The number of carboxylic acid groups (broad SMARTS) is 1. The molecule has 0 radical (unpaired) electrons. The Morgan fingerprint density at radius 1 is 1.19 bits per heavy atom. The molecular weight excluding hydrogens is 268 g/mol. The van der Waals surface area contributed by atoms with E-state index >= 15 is 0 Å². The van der Waals surface area contributed by atoms with E-state index in [0.29, 0.717) is 25.8 Å². The summed E-state index contributed by atoms with van der Waals surface area (Å²) in [5, 5.41) is 12.2. The van der Waals surface area contributed by atoms with Gasteiger partial charge < -0.3 is 16.2 Å². The van der Waals surface area contributed by atoms with Crippen LogP contribution < -0.4 is 11.1 Å². The van der Waals surface area contributed by atoms with Gasteiger partial charge in [-0.15, -0.1) is 0 Å². The van der Waals surface area contributed by atoms with Crippen molar-refractivity contribution in [3.05, 3.63) is 0 Å². The van der Waals surface area contributed by atoms with Crippen LogP contribution >= 0.6 is 0 Å². The lowest BCUT2D eigenvalue weighted by atomic mass is 9.71. The standard InChI is InChI=1S/C16H30N2O3/c1-3-16(4-2,14(20)21)12-18-13(19)10-15(11-17)8-6-5-7-9-15/h3-12,17H2,1-2H3,(H,18,19)(H,20,21). The summed E-state index contributed by atoms with van der Waals surface area (Å²) in [7, 11) is 0. The van der Waals surface area contributed by atoms with E-state index in [9.17, 15) is 14.7 Å². The molecule has 5 nitrogen and oxygen atoms in total. The topological polar surface area (TPSA) is 92.4 Å². The fourth-order valence-electron chi connectivity index (χ4n) is 3.30. The van der Waals surface area contributed by atoms with Gasteiger partial charge in [0.15, 0.2) is 0 Å². The normalized spacial score (nSPS) is 18.2. The van der Waals surface area contributed by atoms with Gasteiger partial charge in [0.05, 0.1) is 5.41 Å². The maximum atomic E-state index is 12.2. The van der Waals surface area contributed by atoms with Crippen molar-refractivity contribution in [3.63, 3.8) is 0 Å². The van der Waals surface area contributed by atoms with Gasteiger partial charge in [0.25, 0.3) is 0 Å². The molecule has 4 N–H and O–H groups in total. The van der Waals surface area contributed by atoms with Crippen LogP contribution in [0.2, 0.25) is 0 Å². The zero-order chi connectivity index (χ0) is 15.9. The fourth-order valence-corrected chi connectivity index (χ4v) is 3.30. The van der Waals surface area contributed by atoms with E-state index in [4.69, 9.17) is 5.73 Å². The Balaban J connectivity index is 2.58. The van der Waals surface area contributed by atoms with E-state index < -0.39 is 11.4 Å². The van der Waals surface area contributed by atoms with E-state index in [2.05, 4.69) is 5.32 Å². The number of nitrogens with two attached hydrogens (primary N) is 1. The van der Waals surface area contributed by atoms with Crippen LogP contribution in [-0.2, 0) is 9.59 Å². The first-order valence-electron chi connectivity index (χ1n) is 8.14. The van der Waals surface area contributed by atoms with Crippen LogP contribution in [0, 0.1) is 10.8 Å². The number of hydrogen-bond donors (Lipinski definition) is 3. The van der Waals surface area contributed by atoms with E-state index in [-0.39, 0.29) is 17.9 Å². The maximum absolute atomic E-state index is 12.2. The van der Waals surface area contributed by atoms with Gasteiger partial charge in [-0.3, -0.25) is 9.59 Å². The minimum atomic E-state index is -0.849. The van der Waals surface area contributed by atoms with Crippen molar-refractivity contribution in [2.24, 2.45) is 16.6 Å². The third-order valence-electron chi connectivity index (χ3n) is 5.31. The average molecular weight is 298 g/mol. The molecule has 0 saturated heterocycles. The Labute approximate surface area is 127 Å². The summed E-state index contributed by atoms with van der Waals surface area (Å²) < 4.78 is 0. The van der Waals surface area contributed by atoms with Crippen LogP contribution in [0.4, 0.5) is 0 Å². The third kappa shape index (κ3) is 4.43. The highest BCUT2D eigenvalue weighted by Crippen LogP contribution is 2.38. The van der Waals surface area contributed by atoms with Gasteiger partial charge >= 0.3 is 5.97 Å². The molecule has 1 fully saturated rings. The van der Waals surface area contributed by atoms with Gasteiger partial charge in [-0.1, -0.05) is 33.1 Å². The maximum Gasteiger partial charge on any atom is 0.311 e. The first-order valence-corrected chi connectivity index (χ1v) is 8.14. The van der Waals surface area contributed by atoms with Gasteiger partial charge in [-0.2, -0.15) is 0 Å². The summed E-state index contributed by atoms with van der Waals surface area (Å²) >= 11 is 0. The number of carbonyl (C=O) groups is 2. The molecule has 0 spiro atoms. The van der Waals surface area contributed by atoms with Crippen LogP contribution in [-0.4, -0.2) is 30.1 Å². The van der Waals surface area contributed by atoms with Crippen LogP contribution in [0.25, 0.3) is 0 Å². The molecule has 0 aromatic rings. The second-order valence-corrected chi connectivity index (χ2v) is 6.51. The van der Waals surface area contributed by atoms with Crippen LogP contribution in [0.5, 0.6) is 0 Å². The number of carbonyl (C=O) groups excluding carboxylic acids is 1. The predicted molar refractivity (Wildman–Crippen MR) is 82.8 cm³/mol. The van der Waals surface area contributed by atoms with Crippen molar-refractivity contribution in [1.29, 1.82) is 0 Å². The lowest BCUT2D eigenvalue weighted by Crippen LogP contribution is -2.45. The molecule has 0 heterocycles. The van der Waals surface area contributed by atoms with Crippen molar-refractivity contribution in [3.8, 4) is 0 Å². The monoisotopic (exact) mass is 298 g/mol. The molecule has 1 rings (SSSR count). The molecule has 122 valence electrons. The number of rotatable bonds is 8. The smallest absolute Gasteiger partial charge is 0.311 e. The number of amides is 1. The molecule has 1 aliphatic carbocycles. The highest BCUT2D eigenvalue weighted by molar-refractivity contribution is 5.79. The Kier molecular flexibility index (Phi) is 6.65. The van der Waals surface area contributed by atoms with Crippen molar-refractivity contribution < 1.29 is 14.7 Å². The minimum Gasteiger partial charge on any atom is -0.481 e. The van der Waals surface area contributed by atoms with Crippen molar-refractivity contribution in [2.45, 2.75) is 65.2 Å². The second kappa shape index (κ2) is 7.78. The van der Waals surface area contributed by atoms with E-state index in [1.54, 1.807) is 0 Å². The summed E-state index contributed by atoms with van der Waals surface area (Å²) in [6.07, 6.45) is 6.94. The van der Waals surface area contributed by atoms with E-state index in [0.717, 1.165) is 25.7 Å². The highest BCUT2D eigenvalue weighted by Gasteiger charge is 2.37. The summed E-state index contributed by atoms with van der Waals surface area (Å²) in [4.78, 5) is 23.7. The molecule has 1 amide bonds. The lowest BCUT2D eigenvalue weighted by Gasteiger charge is -2.36. The molecule has 0 aromatic carbocycles. The van der Waals surface area contributed by atoms with Crippen LogP contribution in [0.3, 0.4) is 0 Å². The summed E-state index contributed by atoms with van der Waals surface area (Å²) in [6, 6.07) is 0. The molecule has 1 aliphatic rings. The van der Waals surface area contributed by atoms with Crippen molar-refractivity contribution in [2.75, 3.05) is 13.1 Å². The Morgan fingerprint density at radius 3 is 2.19 bits per heavy atom. The second-order valence-electron chi connectivity index (χ2n) is 6.51. The summed E-state index contributed by atoms with van der Waals surface area (Å²) in [6.45, 7) is 4.44. The predicted octanol–water partition coefficient (Wildman–Crippen LogP) is 2.29. The Hall–Kier alpha value is -1.10. The van der Waals surface area contributed by atoms with E-state index in [1.807, 2.05) is 13.8 Å². The zero-order valence-electron chi connectivity index (χ0n) is 13.4. The van der Waals surface area contributed by atoms with Crippen LogP contribution in [0.15, 0.2) is 0 Å². The van der Waals surface area contributed by atoms with Gasteiger partial charge in [-0.05, 0) is 37.6 Å². The van der Waals surface area contributed by atoms with Crippen molar-refractivity contribution >= 4 is 11.9 Å². The number of aliphatic carboxylic acids is 1. The van der Waals surface area contributed by atoms with Gasteiger partial charge in [0.2, 0.25) is 5.91 Å². The summed E-state index contributed by atoms with van der Waals surface area (Å²) in [5.41, 5.74) is 4.97. The number of hydrogen-bond acceptors (Lipinski definition) is 3. The first-order chi connectivity index (χ1) is 9.93. The molecule has 5 heteroatoms. The molecule has 0 aromatic heterocycles. The molecule has 0 unspecified atom stereocenters. The number of nitrogens with one attached hydrogen (secondary N) is 1. The molecule has 0 aliphatic heterocycles. The third-order valence-corrected chi connectivity index (χ3v) is 5.31. The minimum absolute atomic E-state index is 0.0603. The van der Waals surface area contributed by atoms with Gasteiger partial charge in [0, 0.05) is 13.0 Å². The Bertz CT molecular complexity index is 359. The van der Waals surface area contributed by atoms with Gasteiger partial charge in [-0.25, -0.2) is 0 Å². The lowest BCUT2D eigenvalue weighted by molar-refractivity contribution is -0.149. The summed E-state index contributed by atoms with van der Waals surface area (Å²) in [5.74, 6) is -0.895. The fraction of sp³-hybridized carbons (Fsp3) is 0.875. The quantitative estimate of drug-likeness (QED) is 0.641. The highest BCUT2D eigenvalue weighted by atomic mass is 16.4. The molecule has 0 atom stereocenters. The van der Waals surface area contributed by atoms with Crippen molar-refractivity contribution in [1.82, 2.24) is 5.32 Å². The molecule has 0 bridgehead atoms. The van der Waals surface area contributed by atoms with E-state index in [1.165, 1.54) is 6.42 Å². The Morgan fingerprint density at radius 2 is 1.76 bits per heavy atom. The molecular formula is C16H30N2O3. The van der Waals surface area contributed by atoms with Gasteiger partial charge in [0.1, 0.15) is 0 Å². The first kappa shape index (κ1) is 18.0. The molecule has 21 heavy (non-hydrogen) atoms. The zero-order valence-corrected chi connectivity index (χ0v) is 13.4. The largest absolute Gasteiger partial charge is 0.481 e. The van der Waals surface area contributed by atoms with Crippen LogP contribution in [0.1, 0.15) is 65.2 Å².